The Balaban J connectivity index is 2.01. The van der Waals surface area contributed by atoms with E-state index in [9.17, 15) is 13.2 Å². The lowest BCUT2D eigenvalue weighted by Crippen LogP contribution is -2.40. The zero-order chi connectivity index (χ0) is 16.5. The summed E-state index contributed by atoms with van der Waals surface area (Å²) in [6.45, 7) is 5.99. The summed E-state index contributed by atoms with van der Waals surface area (Å²) < 4.78 is 25.1. The molecule has 1 atom stereocenters. The number of likely N-dealkylation sites (tertiary alicyclic amines) is 1. The molecule has 122 valence electrons. The molecule has 1 saturated heterocycles. The van der Waals surface area contributed by atoms with Crippen LogP contribution in [0.1, 0.15) is 32.8 Å². The van der Waals surface area contributed by atoms with Crippen molar-refractivity contribution in [1.82, 2.24) is 4.90 Å². The summed E-state index contributed by atoms with van der Waals surface area (Å²) in [6, 6.07) is 7.61. The molecule has 1 amide bonds. The first-order chi connectivity index (χ1) is 10.1. The van der Waals surface area contributed by atoms with Gasteiger partial charge in [-0.1, -0.05) is 28.1 Å². The summed E-state index contributed by atoms with van der Waals surface area (Å²) in [5, 5.41) is -0.443. The topological polar surface area (TPSA) is 54.5 Å². The molecule has 4 nitrogen and oxygen atoms in total. The molecular weight excluding hydrogens is 366 g/mol. The highest BCUT2D eigenvalue weighted by atomic mass is 79.9. The highest BCUT2D eigenvalue weighted by molar-refractivity contribution is 9.10. The van der Waals surface area contributed by atoms with Crippen LogP contribution < -0.4 is 0 Å². The summed E-state index contributed by atoms with van der Waals surface area (Å²) in [4.78, 5) is 14.0. The van der Waals surface area contributed by atoms with Gasteiger partial charge in [0.25, 0.3) is 0 Å². The van der Waals surface area contributed by atoms with Gasteiger partial charge in [-0.3, -0.25) is 4.79 Å². The molecule has 0 aromatic heterocycles. The average molecular weight is 388 g/mol. The minimum atomic E-state index is -3.22. The first-order valence-corrected chi connectivity index (χ1v) is 9.71. The van der Waals surface area contributed by atoms with E-state index in [4.69, 9.17) is 0 Å². The van der Waals surface area contributed by atoms with E-state index in [1.54, 1.807) is 25.7 Å². The standard InChI is InChI=1S/C16H22BrNO3S/c1-16(2,3)22(20,21)14-8-9-18(11-14)15(19)10-12-4-6-13(17)7-5-12/h4-7,14H,8-11H2,1-3H3. The van der Waals surface area contributed by atoms with Crippen LogP contribution in [-0.2, 0) is 21.1 Å². The number of amides is 1. The van der Waals surface area contributed by atoms with Gasteiger partial charge >= 0.3 is 0 Å². The van der Waals surface area contributed by atoms with Crippen LogP contribution in [-0.4, -0.2) is 42.3 Å². The second-order valence-corrected chi connectivity index (χ2v) is 10.6. The molecule has 0 aliphatic carbocycles. The Morgan fingerprint density at radius 3 is 2.41 bits per heavy atom. The fourth-order valence-corrected chi connectivity index (χ4v) is 4.65. The monoisotopic (exact) mass is 387 g/mol. The molecule has 0 saturated carbocycles. The van der Waals surface area contributed by atoms with Crippen LogP contribution in [0.2, 0.25) is 0 Å². The molecule has 1 heterocycles. The van der Waals surface area contributed by atoms with Gasteiger partial charge in [0.2, 0.25) is 5.91 Å². The molecule has 1 aromatic carbocycles. The Bertz CT molecular complexity index is 647. The maximum absolute atomic E-state index is 12.5. The van der Waals surface area contributed by atoms with Crippen molar-refractivity contribution in [2.45, 2.75) is 43.6 Å². The van der Waals surface area contributed by atoms with Crippen LogP contribution in [0.5, 0.6) is 0 Å². The van der Waals surface area contributed by atoms with Crippen molar-refractivity contribution < 1.29 is 13.2 Å². The smallest absolute Gasteiger partial charge is 0.227 e. The molecule has 1 unspecified atom stereocenters. The van der Waals surface area contributed by atoms with Gasteiger partial charge in [0, 0.05) is 17.6 Å². The molecule has 2 rings (SSSR count). The highest BCUT2D eigenvalue weighted by Gasteiger charge is 2.41. The third-order valence-electron chi connectivity index (χ3n) is 4.06. The number of carbonyl (C=O) groups is 1. The van der Waals surface area contributed by atoms with Gasteiger partial charge in [-0.2, -0.15) is 0 Å². The van der Waals surface area contributed by atoms with Crippen molar-refractivity contribution in [3.8, 4) is 0 Å². The van der Waals surface area contributed by atoms with E-state index in [1.165, 1.54) is 0 Å². The summed E-state index contributed by atoms with van der Waals surface area (Å²) in [6.07, 6.45) is 0.848. The van der Waals surface area contributed by atoms with E-state index in [0.29, 0.717) is 25.9 Å². The molecule has 0 radical (unpaired) electrons. The Morgan fingerprint density at radius 2 is 1.86 bits per heavy atom. The second-order valence-electron chi connectivity index (χ2n) is 6.71. The number of carbonyl (C=O) groups excluding carboxylic acids is 1. The normalized spacial score (nSPS) is 19.5. The van der Waals surface area contributed by atoms with Crippen LogP contribution in [0.4, 0.5) is 0 Å². The lowest BCUT2D eigenvalue weighted by Gasteiger charge is -2.24. The van der Waals surface area contributed by atoms with Gasteiger partial charge in [0.15, 0.2) is 9.84 Å². The fourth-order valence-electron chi connectivity index (χ4n) is 2.60. The van der Waals surface area contributed by atoms with Gasteiger partial charge in [-0.15, -0.1) is 0 Å². The van der Waals surface area contributed by atoms with E-state index in [-0.39, 0.29) is 5.91 Å². The van der Waals surface area contributed by atoms with Gasteiger partial charge in [-0.25, -0.2) is 8.42 Å². The molecule has 1 fully saturated rings. The number of halogens is 1. The summed E-state index contributed by atoms with van der Waals surface area (Å²) >= 11 is 3.36. The minimum Gasteiger partial charge on any atom is -0.341 e. The summed E-state index contributed by atoms with van der Waals surface area (Å²) in [5.41, 5.74) is 0.940. The zero-order valence-corrected chi connectivity index (χ0v) is 15.6. The Morgan fingerprint density at radius 1 is 1.27 bits per heavy atom. The van der Waals surface area contributed by atoms with E-state index < -0.39 is 19.8 Å². The third-order valence-corrected chi connectivity index (χ3v) is 7.56. The summed E-state index contributed by atoms with van der Waals surface area (Å²) in [5.74, 6) is -0.00562. The van der Waals surface area contributed by atoms with Crippen molar-refractivity contribution in [2.24, 2.45) is 0 Å². The van der Waals surface area contributed by atoms with Gasteiger partial charge in [0.1, 0.15) is 0 Å². The van der Waals surface area contributed by atoms with E-state index in [0.717, 1.165) is 10.0 Å². The Kier molecular flexibility index (Phi) is 5.02. The first-order valence-electron chi connectivity index (χ1n) is 7.37. The van der Waals surface area contributed by atoms with Crippen molar-refractivity contribution in [3.63, 3.8) is 0 Å². The number of benzene rings is 1. The minimum absolute atomic E-state index is 0.00562. The molecule has 1 aromatic rings. The number of hydrogen-bond acceptors (Lipinski definition) is 3. The molecule has 6 heteroatoms. The van der Waals surface area contributed by atoms with Gasteiger partial charge < -0.3 is 4.90 Å². The fraction of sp³-hybridized carbons (Fsp3) is 0.562. The van der Waals surface area contributed by atoms with Crippen LogP contribution in [0.15, 0.2) is 28.7 Å². The van der Waals surface area contributed by atoms with Crippen molar-refractivity contribution in [1.29, 1.82) is 0 Å². The first kappa shape index (κ1) is 17.5. The average Bonchev–Trinajstić information content (AvgIpc) is 2.90. The van der Waals surface area contributed by atoms with Crippen molar-refractivity contribution in [3.05, 3.63) is 34.3 Å². The van der Waals surface area contributed by atoms with Crippen molar-refractivity contribution >= 4 is 31.7 Å². The second kappa shape index (κ2) is 6.32. The van der Waals surface area contributed by atoms with Crippen LogP contribution in [0.25, 0.3) is 0 Å². The van der Waals surface area contributed by atoms with Crippen LogP contribution in [0.3, 0.4) is 0 Å². The molecular formula is C16H22BrNO3S. The highest BCUT2D eigenvalue weighted by Crippen LogP contribution is 2.27. The molecule has 0 N–H and O–H groups in total. The Hall–Kier alpha value is -0.880. The number of sulfone groups is 1. The van der Waals surface area contributed by atoms with E-state index >= 15 is 0 Å². The van der Waals surface area contributed by atoms with Crippen LogP contribution >= 0.6 is 15.9 Å². The van der Waals surface area contributed by atoms with E-state index in [2.05, 4.69) is 15.9 Å². The lowest BCUT2D eigenvalue weighted by molar-refractivity contribution is -0.129. The summed E-state index contributed by atoms with van der Waals surface area (Å²) in [7, 11) is -3.22. The molecule has 22 heavy (non-hydrogen) atoms. The Labute approximate surface area is 140 Å². The number of hydrogen-bond donors (Lipinski definition) is 0. The number of rotatable bonds is 3. The van der Waals surface area contributed by atoms with Crippen molar-refractivity contribution in [2.75, 3.05) is 13.1 Å². The van der Waals surface area contributed by atoms with Gasteiger partial charge in [0.05, 0.1) is 16.4 Å². The SMILES string of the molecule is CC(C)(C)S(=O)(=O)C1CCN(C(=O)Cc2ccc(Br)cc2)C1. The van der Waals surface area contributed by atoms with Gasteiger partial charge in [-0.05, 0) is 44.9 Å². The maximum Gasteiger partial charge on any atom is 0.227 e. The largest absolute Gasteiger partial charge is 0.341 e. The quantitative estimate of drug-likeness (QED) is 0.800. The van der Waals surface area contributed by atoms with E-state index in [1.807, 2.05) is 24.3 Å². The predicted molar refractivity (Wildman–Crippen MR) is 91.5 cm³/mol. The molecule has 1 aliphatic rings. The van der Waals surface area contributed by atoms with Crippen LogP contribution in [0, 0.1) is 0 Å². The third kappa shape index (κ3) is 3.71. The predicted octanol–water partition coefficient (Wildman–Crippen LogP) is 2.81. The lowest BCUT2D eigenvalue weighted by atomic mass is 10.1. The molecule has 0 spiro atoms. The molecule has 0 bridgehead atoms. The molecule has 1 aliphatic heterocycles. The maximum atomic E-state index is 12.5. The number of nitrogens with zero attached hydrogens (tertiary/aromatic N) is 1. The zero-order valence-electron chi connectivity index (χ0n) is 13.2.